The van der Waals surface area contributed by atoms with Crippen LogP contribution in [0.2, 0.25) is 0 Å². The van der Waals surface area contributed by atoms with Gasteiger partial charge in [-0.1, -0.05) is 139 Å². The Bertz CT molecular complexity index is 4480. The molecule has 40 heteroatoms. The van der Waals surface area contributed by atoms with Crippen LogP contribution in [0, 0.1) is 23.2 Å². The van der Waals surface area contributed by atoms with Crippen molar-refractivity contribution in [2.75, 3.05) is 13.1 Å². The highest BCUT2D eigenvalue weighted by atomic mass is 16.4. The molecule has 5 aromatic rings. The molecule has 0 aliphatic heterocycles. The number of hydrogen-bond donors (Lipinski definition) is 24. The molecule has 0 aliphatic carbocycles. The third-order valence-electron chi connectivity index (χ3n) is 20.3. The minimum Gasteiger partial charge on any atom is -0.508 e. The fourth-order valence-electron chi connectivity index (χ4n) is 13.3. The largest absolute Gasteiger partial charge is 0.508 e. The first-order chi connectivity index (χ1) is 58.7. The molecule has 0 radical (unpaired) electrons. The van der Waals surface area contributed by atoms with Crippen molar-refractivity contribution in [1.29, 1.82) is 5.41 Å². The lowest BCUT2D eigenvalue weighted by Crippen LogP contribution is -2.62. The average molecular weight is 1730 g/mol. The lowest BCUT2D eigenvalue weighted by atomic mass is 9.96. The van der Waals surface area contributed by atoms with E-state index in [0.717, 1.165) is 12.5 Å². The summed E-state index contributed by atoms with van der Waals surface area (Å²) in [7, 11) is 0. The summed E-state index contributed by atoms with van der Waals surface area (Å²) in [5.41, 5.74) is 31.5. The van der Waals surface area contributed by atoms with Crippen LogP contribution in [0.5, 0.6) is 5.75 Å². The topological polar surface area (TPSA) is 680 Å². The number of aromatic amines is 1. The van der Waals surface area contributed by atoms with Gasteiger partial charge in [-0.15, -0.1) is 0 Å². The van der Waals surface area contributed by atoms with Crippen molar-refractivity contribution in [2.45, 2.75) is 229 Å². The van der Waals surface area contributed by atoms with E-state index in [2.05, 4.69) is 74.1 Å². The Labute approximate surface area is 717 Å². The molecule has 4 aromatic carbocycles. The van der Waals surface area contributed by atoms with Crippen LogP contribution in [0.3, 0.4) is 0 Å². The van der Waals surface area contributed by atoms with E-state index in [4.69, 9.17) is 34.1 Å². The number of carbonyl (C=O) groups excluding carboxylic acids is 14. The van der Waals surface area contributed by atoms with Crippen molar-refractivity contribution < 1.29 is 97.1 Å². The molecule has 124 heavy (non-hydrogen) atoms. The van der Waals surface area contributed by atoms with Gasteiger partial charge >= 0.3 is 11.9 Å². The van der Waals surface area contributed by atoms with Gasteiger partial charge in [0.05, 0.1) is 25.0 Å². The minimum atomic E-state index is -2.05. The maximum Gasteiger partial charge on any atom is 0.326 e. The summed E-state index contributed by atoms with van der Waals surface area (Å²) in [5, 5.41) is 82.4. The van der Waals surface area contributed by atoms with Crippen molar-refractivity contribution in [3.63, 3.8) is 0 Å². The molecule has 5 rings (SSSR count). The van der Waals surface area contributed by atoms with Crippen molar-refractivity contribution in [3.8, 4) is 5.75 Å². The molecule has 0 aliphatic rings. The number of carboxylic acid groups (broad SMARTS) is 2. The van der Waals surface area contributed by atoms with E-state index in [1.165, 1.54) is 38.1 Å². The molecule has 14 amide bonds. The van der Waals surface area contributed by atoms with Gasteiger partial charge in [0, 0.05) is 49.3 Å². The van der Waals surface area contributed by atoms with Crippen molar-refractivity contribution in [3.05, 3.63) is 138 Å². The molecule has 0 saturated carbocycles. The summed E-state index contributed by atoms with van der Waals surface area (Å²) in [6, 6.07) is 8.30. The molecule has 15 atom stereocenters. The number of aromatic hydroxyl groups is 1. The number of rotatable bonds is 54. The van der Waals surface area contributed by atoms with Crippen LogP contribution < -0.4 is 97.8 Å². The minimum absolute atomic E-state index is 0.0140. The van der Waals surface area contributed by atoms with Gasteiger partial charge in [-0.2, -0.15) is 0 Å². The maximum atomic E-state index is 14.9. The Morgan fingerprint density at radius 3 is 1.37 bits per heavy atom. The summed E-state index contributed by atoms with van der Waals surface area (Å²) in [5.74, 6) is -20.3. The Balaban J connectivity index is 1.39. The molecule has 676 valence electrons. The number of nitrogens with one attached hydrogen (secondary N) is 15. The van der Waals surface area contributed by atoms with Crippen LogP contribution in [0.25, 0.3) is 10.9 Å². The van der Waals surface area contributed by atoms with Gasteiger partial charge in [0.25, 0.3) is 0 Å². The fraction of sp³-hybridized carbons (Fsp3) is 0.488. The van der Waals surface area contributed by atoms with E-state index in [-0.39, 0.29) is 101 Å². The van der Waals surface area contributed by atoms with Gasteiger partial charge in [0.1, 0.15) is 78.3 Å². The van der Waals surface area contributed by atoms with Crippen LogP contribution in [0.4, 0.5) is 0 Å². The number of aromatic nitrogens is 1. The van der Waals surface area contributed by atoms with Crippen LogP contribution in [0.15, 0.2) is 115 Å². The van der Waals surface area contributed by atoms with E-state index < -0.39 is 217 Å². The monoisotopic (exact) mass is 1730 g/mol. The van der Waals surface area contributed by atoms with Gasteiger partial charge in [-0.3, -0.25) is 77.3 Å². The summed E-state index contributed by atoms with van der Waals surface area (Å²) in [6.07, 6.45) is -3.77. The van der Waals surface area contributed by atoms with Crippen LogP contribution in [0.1, 0.15) is 141 Å². The predicted molar refractivity (Wildman–Crippen MR) is 455 cm³/mol. The number of phenolic OH excluding ortho intramolecular Hbond substituents is 1. The van der Waals surface area contributed by atoms with E-state index >= 15 is 0 Å². The van der Waals surface area contributed by atoms with Crippen LogP contribution in [-0.4, -0.2) is 224 Å². The van der Waals surface area contributed by atoms with Gasteiger partial charge in [0.15, 0.2) is 5.96 Å². The number of benzene rings is 4. The normalized spacial score (nSPS) is 14.8. The third-order valence-corrected chi connectivity index (χ3v) is 20.3. The number of aliphatic carboxylic acids is 2. The average Bonchev–Trinajstić information content (AvgIpc) is 1.65. The van der Waals surface area contributed by atoms with Crippen molar-refractivity contribution in [2.24, 2.45) is 46.4 Å². The number of aliphatic hydroxyl groups excluding tert-OH is 1. The number of phenols is 1. The number of carboxylic acids is 2. The first-order valence-electron chi connectivity index (χ1n) is 41.0. The van der Waals surface area contributed by atoms with Gasteiger partial charge in [0.2, 0.25) is 82.7 Å². The second-order valence-electron chi connectivity index (χ2n) is 31.3. The number of amides is 14. The maximum absolute atomic E-state index is 14.9. The lowest BCUT2D eigenvalue weighted by molar-refractivity contribution is -0.143. The molecule has 0 bridgehead atoms. The highest BCUT2D eigenvalue weighted by Gasteiger charge is 2.40. The number of guanidine groups is 1. The highest BCUT2D eigenvalue weighted by Crippen LogP contribution is 2.22. The molecule has 0 saturated heterocycles. The molecular weight excluding hydrogens is 1610 g/mol. The molecule has 1 aromatic heterocycles. The van der Waals surface area contributed by atoms with Crippen LogP contribution in [-0.2, 0) is 102 Å². The van der Waals surface area contributed by atoms with E-state index in [1.54, 1.807) is 119 Å². The molecular formula is C84H120N20O20. The standard InChI is InChI=1S/C84H120N20O20/c1-8-46(6)69(103-73(113)57(27-19-35-91-84(89)90)93-71(111)54(86)37-48-20-11-9-12-21-48)81(121)99-61(40-51-43-92-55-25-16-15-24-53(51)55)77(117)97-63(42-67(109)110)79(119)102-68(45(4)5)80(120)100-62(41-66(88)108)78(118)95-58(32-33-65(87)107)72(112)94-56(26-17-18-34-85)74(114)104-70(47(7)105)82(122)98-60(38-49-22-13-10-14-23-49)75(115)96-59(39-50-28-30-52(106)31-29-50)76(116)101-64(83(123)124)36-44(2)3/h9-16,20-25,28-31,43-47,54,56-64,68-70,92,105-106H,8,17-19,26-27,32-42,85-86H2,1-7H3,(H2,87,107)(H2,88,108)(H,93,111)(H,94,112)(H,95,118)(H,96,115)(H,97,117)(H,98,122)(H,99,121)(H,100,120)(H,101,116)(H,102,119)(H,103,113)(H,104,114)(H,109,110)(H,123,124)(H4,89,90,91)/t46-,47+,54-,56-,57-,58-,59-,60-,61-,62-,63-,64-,68-,69-,70-/m0/s1. The van der Waals surface area contributed by atoms with E-state index in [0.29, 0.717) is 27.6 Å². The Morgan fingerprint density at radius 2 is 0.855 bits per heavy atom. The number of para-hydroxylation sites is 1. The number of H-pyrrole nitrogens is 1. The number of primary amides is 2. The fourth-order valence-corrected chi connectivity index (χ4v) is 13.3. The second-order valence-corrected chi connectivity index (χ2v) is 31.3. The van der Waals surface area contributed by atoms with E-state index in [1.807, 2.05) is 0 Å². The van der Waals surface area contributed by atoms with Gasteiger partial charge in [-0.25, -0.2) is 4.79 Å². The predicted octanol–water partition coefficient (Wildman–Crippen LogP) is -2.49. The van der Waals surface area contributed by atoms with Crippen molar-refractivity contribution >= 4 is 112 Å². The summed E-state index contributed by atoms with van der Waals surface area (Å²) in [4.78, 5) is 227. The second kappa shape index (κ2) is 51.0. The van der Waals surface area contributed by atoms with Crippen LogP contribution >= 0.6 is 0 Å². The Kier molecular flexibility index (Phi) is 41.7. The molecule has 29 N–H and O–H groups in total. The summed E-state index contributed by atoms with van der Waals surface area (Å²) in [6.45, 7) is 11.0. The summed E-state index contributed by atoms with van der Waals surface area (Å²) < 4.78 is 0. The quantitative estimate of drug-likeness (QED) is 0.0109. The third kappa shape index (κ3) is 34.4. The van der Waals surface area contributed by atoms with E-state index in [9.17, 15) is 97.1 Å². The summed E-state index contributed by atoms with van der Waals surface area (Å²) >= 11 is 0. The Morgan fingerprint density at radius 1 is 0.435 bits per heavy atom. The number of fused-ring (bicyclic) bond motifs is 1. The molecule has 1 heterocycles. The number of hydrogen-bond acceptors (Lipinski definition) is 21. The number of unbranched alkanes of at least 4 members (excludes halogenated alkanes) is 1. The van der Waals surface area contributed by atoms with Gasteiger partial charge in [-0.05, 0) is 123 Å². The smallest absolute Gasteiger partial charge is 0.326 e. The molecule has 0 unspecified atom stereocenters. The highest BCUT2D eigenvalue weighted by molar-refractivity contribution is 6.02. The van der Waals surface area contributed by atoms with Gasteiger partial charge < -0.3 is 123 Å². The number of aliphatic hydroxyl groups is 1. The SMILES string of the molecule is CC[C@H](C)[C@H](NC(=O)[C@H](CCCNC(=N)N)NC(=O)[C@@H](N)Cc1ccccc1)C(=O)N[C@@H](Cc1c[nH]c2ccccc12)C(=O)N[C@@H](CC(=O)O)C(=O)N[C@H](C(=O)N[C@@H](CC(N)=O)C(=O)N[C@@H](CCC(N)=O)C(=O)N[C@@H](CCCCN)C(=O)N[C@H](C(=O)N[C@@H](Cc1ccccc1)C(=O)N[C@@H](Cc1ccc(O)cc1)C(=O)N[C@@H](CC(C)C)C(=O)O)[C@@H](C)O)C(C)C. The zero-order valence-corrected chi connectivity index (χ0v) is 70.5. The molecule has 40 nitrogen and oxygen atoms in total. The first-order valence-corrected chi connectivity index (χ1v) is 41.0. The zero-order chi connectivity index (χ0) is 92.0. The zero-order valence-electron chi connectivity index (χ0n) is 70.5. The number of nitrogens with two attached hydrogens (primary N) is 5. The van der Waals surface area contributed by atoms with Crippen molar-refractivity contribution in [1.82, 2.24) is 74.1 Å². The lowest BCUT2D eigenvalue weighted by Gasteiger charge is -2.30. The molecule has 0 fully saturated rings. The molecule has 0 spiro atoms. The first kappa shape index (κ1) is 101. The number of carbonyl (C=O) groups is 16. The Hall–Kier alpha value is -13.1.